The molecule has 20 heavy (non-hydrogen) atoms. The maximum Gasteiger partial charge on any atom is 0.188 e. The second kappa shape index (κ2) is 5.61. The van der Waals surface area contributed by atoms with Crippen LogP contribution in [0.1, 0.15) is 16.8 Å². The Kier molecular flexibility index (Phi) is 3.89. The zero-order chi connectivity index (χ0) is 14.7. The number of pyridine rings is 1. The normalized spacial score (nSPS) is 11.4. The molecular weight excluding hydrogens is 252 g/mol. The fourth-order valence-electron chi connectivity index (χ4n) is 2.14. The van der Waals surface area contributed by atoms with Gasteiger partial charge in [0.1, 0.15) is 5.69 Å². The number of nitrogens with two attached hydrogens (primary N) is 1. The monoisotopic (exact) mass is 270 g/mol. The molecule has 0 fully saturated rings. The Balaban J connectivity index is 2.40. The molecule has 0 saturated heterocycles. The van der Waals surface area contributed by atoms with Crippen LogP contribution < -0.4 is 10.6 Å². The Labute approximate surface area is 118 Å². The average Bonchev–Trinajstić information content (AvgIpc) is 2.46. The second-order valence-corrected chi connectivity index (χ2v) is 4.73. The number of hydrogen-bond donors (Lipinski definition) is 2. The standard InChI is InChI=1S/C15H18N4O/c1-10-4-5-14(11(2)8-10)19(3)12-6-7-17-13(9-12)15(16)18-20/h4-9,20H,1-3H3,(H2,16,18). The summed E-state index contributed by atoms with van der Waals surface area (Å²) in [5.41, 5.74) is 10.5. The van der Waals surface area contributed by atoms with E-state index in [1.165, 1.54) is 11.1 Å². The summed E-state index contributed by atoms with van der Waals surface area (Å²) < 4.78 is 0. The summed E-state index contributed by atoms with van der Waals surface area (Å²) in [4.78, 5) is 6.13. The Bertz CT molecular complexity index is 652. The Hall–Kier alpha value is -2.56. The van der Waals surface area contributed by atoms with Crippen molar-refractivity contribution in [1.82, 2.24) is 4.98 Å². The SMILES string of the molecule is Cc1ccc(N(C)c2ccnc(C(N)=NO)c2)c(C)c1. The van der Waals surface area contributed by atoms with Crippen LogP contribution in [0, 0.1) is 13.8 Å². The third-order valence-corrected chi connectivity index (χ3v) is 3.21. The number of hydrogen-bond acceptors (Lipinski definition) is 4. The van der Waals surface area contributed by atoms with Crippen LogP contribution in [0.4, 0.5) is 11.4 Å². The molecule has 0 aliphatic heterocycles. The van der Waals surface area contributed by atoms with Gasteiger partial charge in [-0.25, -0.2) is 0 Å². The molecule has 0 aliphatic rings. The molecule has 104 valence electrons. The molecule has 0 aliphatic carbocycles. The number of anilines is 2. The van der Waals surface area contributed by atoms with E-state index in [4.69, 9.17) is 10.9 Å². The highest BCUT2D eigenvalue weighted by Crippen LogP contribution is 2.27. The predicted molar refractivity (Wildman–Crippen MR) is 80.7 cm³/mol. The largest absolute Gasteiger partial charge is 0.409 e. The second-order valence-electron chi connectivity index (χ2n) is 4.73. The third kappa shape index (κ3) is 2.71. The molecule has 0 unspecified atom stereocenters. The van der Waals surface area contributed by atoms with E-state index in [1.54, 1.807) is 12.3 Å². The van der Waals surface area contributed by atoms with Gasteiger partial charge < -0.3 is 15.8 Å². The van der Waals surface area contributed by atoms with E-state index in [0.717, 1.165) is 11.4 Å². The summed E-state index contributed by atoms with van der Waals surface area (Å²) in [7, 11) is 1.98. The predicted octanol–water partition coefficient (Wildman–Crippen LogP) is 2.56. The van der Waals surface area contributed by atoms with Crippen molar-refractivity contribution >= 4 is 17.2 Å². The quantitative estimate of drug-likeness (QED) is 0.389. The van der Waals surface area contributed by atoms with Gasteiger partial charge in [0.2, 0.25) is 0 Å². The minimum Gasteiger partial charge on any atom is -0.409 e. The van der Waals surface area contributed by atoms with Crippen LogP contribution >= 0.6 is 0 Å². The fourth-order valence-corrected chi connectivity index (χ4v) is 2.14. The van der Waals surface area contributed by atoms with Crippen LogP contribution in [-0.2, 0) is 0 Å². The van der Waals surface area contributed by atoms with Crippen LogP contribution in [0.25, 0.3) is 0 Å². The maximum absolute atomic E-state index is 8.72. The lowest BCUT2D eigenvalue weighted by Crippen LogP contribution is -2.17. The van der Waals surface area contributed by atoms with Gasteiger partial charge in [0.15, 0.2) is 5.84 Å². The molecule has 0 amide bonds. The molecule has 2 aromatic rings. The molecule has 1 heterocycles. The first-order valence-electron chi connectivity index (χ1n) is 6.28. The van der Waals surface area contributed by atoms with E-state index < -0.39 is 0 Å². The van der Waals surface area contributed by atoms with E-state index in [1.807, 2.05) is 18.0 Å². The van der Waals surface area contributed by atoms with Gasteiger partial charge in [0.05, 0.1) is 0 Å². The summed E-state index contributed by atoms with van der Waals surface area (Å²) in [6, 6.07) is 9.96. The molecule has 0 atom stereocenters. The molecule has 0 spiro atoms. The Morgan fingerprint density at radius 1 is 1.25 bits per heavy atom. The van der Waals surface area contributed by atoms with Gasteiger partial charge in [-0.2, -0.15) is 0 Å². The number of aromatic nitrogens is 1. The molecule has 0 saturated carbocycles. The highest BCUT2D eigenvalue weighted by Gasteiger charge is 2.09. The van der Waals surface area contributed by atoms with Crippen molar-refractivity contribution in [2.75, 3.05) is 11.9 Å². The first-order valence-corrected chi connectivity index (χ1v) is 6.28. The molecule has 5 heteroatoms. The number of benzene rings is 1. The summed E-state index contributed by atoms with van der Waals surface area (Å²) in [6.07, 6.45) is 1.64. The first-order chi connectivity index (χ1) is 9.52. The van der Waals surface area contributed by atoms with Crippen molar-refractivity contribution in [3.05, 3.63) is 53.3 Å². The van der Waals surface area contributed by atoms with E-state index in [-0.39, 0.29) is 5.84 Å². The molecule has 1 aromatic heterocycles. The lowest BCUT2D eigenvalue weighted by atomic mass is 10.1. The minimum absolute atomic E-state index is 0.000813. The summed E-state index contributed by atoms with van der Waals surface area (Å²) in [5.74, 6) is 0.000813. The van der Waals surface area contributed by atoms with Crippen molar-refractivity contribution in [2.24, 2.45) is 10.9 Å². The van der Waals surface area contributed by atoms with Crippen LogP contribution in [0.3, 0.4) is 0 Å². The molecule has 1 aromatic carbocycles. The first kappa shape index (κ1) is 13.9. The lowest BCUT2D eigenvalue weighted by molar-refractivity contribution is 0.318. The third-order valence-electron chi connectivity index (χ3n) is 3.21. The van der Waals surface area contributed by atoms with Crippen molar-refractivity contribution < 1.29 is 5.21 Å². The topological polar surface area (TPSA) is 74.7 Å². The van der Waals surface area contributed by atoms with Crippen molar-refractivity contribution in [2.45, 2.75) is 13.8 Å². The smallest absolute Gasteiger partial charge is 0.188 e. The number of amidine groups is 1. The summed E-state index contributed by atoms with van der Waals surface area (Å²) in [5, 5.41) is 11.7. The molecule has 2 rings (SSSR count). The molecule has 3 N–H and O–H groups in total. The maximum atomic E-state index is 8.72. The van der Waals surface area contributed by atoms with Gasteiger partial charge in [-0.15, -0.1) is 0 Å². The van der Waals surface area contributed by atoms with Crippen LogP contribution in [0.15, 0.2) is 41.7 Å². The minimum atomic E-state index is 0.000813. The van der Waals surface area contributed by atoms with E-state index in [2.05, 4.69) is 42.2 Å². The molecule has 5 nitrogen and oxygen atoms in total. The molecule has 0 radical (unpaired) electrons. The highest BCUT2D eigenvalue weighted by atomic mass is 16.4. The van der Waals surface area contributed by atoms with Gasteiger partial charge in [0.25, 0.3) is 0 Å². The van der Waals surface area contributed by atoms with Gasteiger partial charge >= 0.3 is 0 Å². The van der Waals surface area contributed by atoms with Crippen molar-refractivity contribution in [3.8, 4) is 0 Å². The van der Waals surface area contributed by atoms with Gasteiger partial charge in [-0.1, -0.05) is 22.9 Å². The Morgan fingerprint density at radius 3 is 2.65 bits per heavy atom. The average molecular weight is 270 g/mol. The number of aryl methyl sites for hydroxylation is 2. The molecule has 0 bridgehead atoms. The van der Waals surface area contributed by atoms with Crippen LogP contribution in [-0.4, -0.2) is 23.1 Å². The molecular formula is C15H18N4O. The Morgan fingerprint density at radius 2 is 2.00 bits per heavy atom. The summed E-state index contributed by atoms with van der Waals surface area (Å²) >= 11 is 0. The fraction of sp³-hybridized carbons (Fsp3) is 0.200. The summed E-state index contributed by atoms with van der Waals surface area (Å²) in [6.45, 7) is 4.14. The van der Waals surface area contributed by atoms with E-state index in [0.29, 0.717) is 5.69 Å². The lowest BCUT2D eigenvalue weighted by Gasteiger charge is -2.22. The van der Waals surface area contributed by atoms with E-state index in [9.17, 15) is 0 Å². The zero-order valence-corrected chi connectivity index (χ0v) is 11.8. The van der Waals surface area contributed by atoms with E-state index >= 15 is 0 Å². The van der Waals surface area contributed by atoms with Gasteiger partial charge in [-0.05, 0) is 37.6 Å². The van der Waals surface area contributed by atoms with Gasteiger partial charge in [-0.3, -0.25) is 4.98 Å². The van der Waals surface area contributed by atoms with Crippen molar-refractivity contribution in [3.63, 3.8) is 0 Å². The van der Waals surface area contributed by atoms with Crippen LogP contribution in [0.2, 0.25) is 0 Å². The number of nitrogens with zero attached hydrogens (tertiary/aromatic N) is 3. The van der Waals surface area contributed by atoms with Crippen molar-refractivity contribution in [1.29, 1.82) is 0 Å². The number of oxime groups is 1. The zero-order valence-electron chi connectivity index (χ0n) is 11.8. The highest BCUT2D eigenvalue weighted by molar-refractivity contribution is 5.96. The van der Waals surface area contributed by atoms with Gasteiger partial charge in [0, 0.05) is 24.6 Å². The van der Waals surface area contributed by atoms with Crippen LogP contribution in [0.5, 0.6) is 0 Å². The number of rotatable bonds is 3.